The molecule has 0 aliphatic carbocycles. The number of amides is 1. The third kappa shape index (κ3) is 4.05. The summed E-state index contributed by atoms with van der Waals surface area (Å²) in [5.41, 5.74) is 2.56. The van der Waals surface area contributed by atoms with Crippen molar-refractivity contribution in [2.45, 2.75) is 20.3 Å². The van der Waals surface area contributed by atoms with Crippen LogP contribution in [0, 0.1) is 25.7 Å². The highest BCUT2D eigenvalue weighted by molar-refractivity contribution is 5.95. The van der Waals surface area contributed by atoms with Gasteiger partial charge in [-0.05, 0) is 57.8 Å². The molecule has 0 saturated carbocycles. The summed E-state index contributed by atoms with van der Waals surface area (Å²) in [6.45, 7) is 6.33. The fourth-order valence-electron chi connectivity index (χ4n) is 3.36. The van der Waals surface area contributed by atoms with Crippen molar-refractivity contribution in [1.82, 2.24) is 14.8 Å². The monoisotopic (exact) mass is 305 g/mol. The fourth-order valence-corrected chi connectivity index (χ4v) is 3.36. The highest BCUT2D eigenvalue weighted by atomic mass is 16.3. The average molecular weight is 305 g/mol. The van der Waals surface area contributed by atoms with Crippen LogP contribution in [0.25, 0.3) is 0 Å². The molecule has 0 radical (unpaired) electrons. The van der Waals surface area contributed by atoms with Crippen LogP contribution in [-0.4, -0.2) is 66.1 Å². The van der Waals surface area contributed by atoms with E-state index in [0.29, 0.717) is 18.0 Å². The normalized spacial score (nSPS) is 22.2. The number of rotatable bonds is 4. The molecule has 0 spiro atoms. The number of aromatic nitrogens is 1. The van der Waals surface area contributed by atoms with Crippen LogP contribution in [0.15, 0.2) is 12.3 Å². The van der Waals surface area contributed by atoms with E-state index in [4.69, 9.17) is 0 Å². The van der Waals surface area contributed by atoms with E-state index in [-0.39, 0.29) is 18.4 Å². The fraction of sp³-hybridized carbons (Fsp3) is 0.647. The molecule has 22 heavy (non-hydrogen) atoms. The molecule has 2 rings (SSSR count). The number of aliphatic hydroxyl groups excluding tert-OH is 1. The van der Waals surface area contributed by atoms with Crippen LogP contribution in [0.2, 0.25) is 0 Å². The minimum Gasteiger partial charge on any atom is -0.396 e. The topological polar surface area (TPSA) is 56.7 Å². The third-order valence-corrected chi connectivity index (χ3v) is 4.27. The van der Waals surface area contributed by atoms with Crippen LogP contribution >= 0.6 is 0 Å². The maximum atomic E-state index is 12.8. The predicted molar refractivity (Wildman–Crippen MR) is 86.9 cm³/mol. The van der Waals surface area contributed by atoms with Gasteiger partial charge in [-0.1, -0.05) is 0 Å². The van der Waals surface area contributed by atoms with Crippen LogP contribution in [-0.2, 0) is 0 Å². The van der Waals surface area contributed by atoms with Gasteiger partial charge in [0.25, 0.3) is 5.91 Å². The van der Waals surface area contributed by atoms with Crippen molar-refractivity contribution in [1.29, 1.82) is 0 Å². The van der Waals surface area contributed by atoms with E-state index >= 15 is 0 Å². The number of carbonyl (C=O) groups excluding carboxylic acids is 1. The van der Waals surface area contributed by atoms with Crippen LogP contribution in [0.4, 0.5) is 0 Å². The molecule has 1 aliphatic rings. The second kappa shape index (κ2) is 7.20. The molecule has 1 saturated heterocycles. The lowest BCUT2D eigenvalue weighted by Crippen LogP contribution is -2.47. The highest BCUT2D eigenvalue weighted by Crippen LogP contribution is 2.24. The van der Waals surface area contributed by atoms with Gasteiger partial charge in [0.2, 0.25) is 0 Å². The lowest BCUT2D eigenvalue weighted by atomic mass is 9.89. The molecule has 5 nitrogen and oxygen atoms in total. The standard InChI is InChI=1S/C17H27N3O2/c1-12-5-13(2)18-7-16(12)17(22)20-9-14(8-19(3)4)6-15(10-20)11-21/h5,7,14-15,21H,6,8-11H2,1-4H3/t14-,15-/m0/s1. The maximum Gasteiger partial charge on any atom is 0.255 e. The number of pyridine rings is 1. The third-order valence-electron chi connectivity index (χ3n) is 4.27. The second-order valence-corrected chi connectivity index (χ2v) is 6.76. The molecular formula is C17H27N3O2. The summed E-state index contributed by atoms with van der Waals surface area (Å²) in [5.74, 6) is 0.608. The zero-order valence-electron chi connectivity index (χ0n) is 14.0. The van der Waals surface area contributed by atoms with Gasteiger partial charge in [0.05, 0.1) is 5.56 Å². The highest BCUT2D eigenvalue weighted by Gasteiger charge is 2.31. The summed E-state index contributed by atoms with van der Waals surface area (Å²) in [5, 5.41) is 9.54. The zero-order chi connectivity index (χ0) is 16.3. The molecule has 1 fully saturated rings. The predicted octanol–water partition coefficient (Wildman–Crippen LogP) is 1.33. The average Bonchev–Trinajstić information content (AvgIpc) is 2.45. The van der Waals surface area contributed by atoms with Crippen molar-refractivity contribution in [3.05, 3.63) is 29.1 Å². The van der Waals surface area contributed by atoms with E-state index in [1.807, 2.05) is 38.9 Å². The molecule has 0 aromatic carbocycles. The van der Waals surface area contributed by atoms with Gasteiger partial charge in [-0.15, -0.1) is 0 Å². The van der Waals surface area contributed by atoms with Crippen molar-refractivity contribution in [2.75, 3.05) is 40.3 Å². The lowest BCUT2D eigenvalue weighted by molar-refractivity contribution is 0.0476. The van der Waals surface area contributed by atoms with Gasteiger partial charge >= 0.3 is 0 Å². The first kappa shape index (κ1) is 16.9. The number of hydrogen-bond acceptors (Lipinski definition) is 4. The molecule has 5 heteroatoms. The van der Waals surface area contributed by atoms with Crippen LogP contribution in [0.3, 0.4) is 0 Å². The van der Waals surface area contributed by atoms with Gasteiger partial charge < -0.3 is 14.9 Å². The van der Waals surface area contributed by atoms with Gasteiger partial charge in [-0.3, -0.25) is 9.78 Å². The number of piperidine rings is 1. The van der Waals surface area contributed by atoms with Gasteiger partial charge in [0, 0.05) is 38.1 Å². The Hall–Kier alpha value is -1.46. The summed E-state index contributed by atoms with van der Waals surface area (Å²) < 4.78 is 0. The smallest absolute Gasteiger partial charge is 0.255 e. The first-order chi connectivity index (χ1) is 10.4. The summed E-state index contributed by atoms with van der Waals surface area (Å²) in [4.78, 5) is 21.1. The number of hydrogen-bond donors (Lipinski definition) is 1. The molecule has 1 N–H and O–H groups in total. The van der Waals surface area contributed by atoms with Gasteiger partial charge in [0.1, 0.15) is 0 Å². The first-order valence-electron chi connectivity index (χ1n) is 7.88. The number of nitrogens with zero attached hydrogens (tertiary/aromatic N) is 3. The second-order valence-electron chi connectivity index (χ2n) is 6.76. The van der Waals surface area contributed by atoms with E-state index in [0.717, 1.165) is 30.8 Å². The lowest BCUT2D eigenvalue weighted by Gasteiger charge is -2.38. The molecule has 0 bridgehead atoms. The van der Waals surface area contributed by atoms with Gasteiger partial charge in [-0.25, -0.2) is 0 Å². The van der Waals surface area contributed by atoms with Gasteiger partial charge in [-0.2, -0.15) is 0 Å². The van der Waals surface area contributed by atoms with Crippen LogP contribution < -0.4 is 0 Å². The molecular weight excluding hydrogens is 278 g/mol. The Labute approximate surface area is 132 Å². The minimum atomic E-state index is 0.0342. The van der Waals surface area contributed by atoms with Crippen LogP contribution in [0.5, 0.6) is 0 Å². The van der Waals surface area contributed by atoms with Crippen molar-refractivity contribution in [3.8, 4) is 0 Å². The molecule has 2 heterocycles. The quantitative estimate of drug-likeness (QED) is 0.912. The van der Waals surface area contributed by atoms with E-state index in [1.54, 1.807) is 6.20 Å². The molecule has 0 unspecified atom stereocenters. The van der Waals surface area contributed by atoms with Crippen molar-refractivity contribution < 1.29 is 9.90 Å². The molecule has 2 atom stereocenters. The Morgan fingerprint density at radius 1 is 1.36 bits per heavy atom. The van der Waals surface area contributed by atoms with E-state index < -0.39 is 0 Å². The Morgan fingerprint density at radius 3 is 2.64 bits per heavy atom. The largest absolute Gasteiger partial charge is 0.396 e. The molecule has 1 amide bonds. The minimum absolute atomic E-state index is 0.0342. The molecule has 1 aliphatic heterocycles. The number of aliphatic hydroxyl groups is 1. The van der Waals surface area contributed by atoms with E-state index in [2.05, 4.69) is 9.88 Å². The van der Waals surface area contributed by atoms with E-state index in [9.17, 15) is 9.90 Å². The first-order valence-corrected chi connectivity index (χ1v) is 7.88. The molecule has 1 aromatic heterocycles. The Morgan fingerprint density at radius 2 is 2.05 bits per heavy atom. The van der Waals surface area contributed by atoms with Crippen LogP contribution in [0.1, 0.15) is 28.0 Å². The van der Waals surface area contributed by atoms with Crippen molar-refractivity contribution in [2.24, 2.45) is 11.8 Å². The number of likely N-dealkylation sites (tertiary alicyclic amines) is 1. The number of aryl methyl sites for hydroxylation is 2. The molecule has 1 aromatic rings. The summed E-state index contributed by atoms with van der Waals surface area (Å²) in [6, 6.07) is 1.94. The van der Waals surface area contributed by atoms with Crippen molar-refractivity contribution >= 4 is 5.91 Å². The maximum absolute atomic E-state index is 12.8. The summed E-state index contributed by atoms with van der Waals surface area (Å²) >= 11 is 0. The Bertz CT molecular complexity index is 531. The SMILES string of the molecule is Cc1cc(C)c(C(=O)N2C[C@@H](CO)C[C@@H](CN(C)C)C2)cn1. The van der Waals surface area contributed by atoms with Crippen molar-refractivity contribution in [3.63, 3.8) is 0 Å². The number of carbonyl (C=O) groups is 1. The Balaban J connectivity index is 2.16. The summed E-state index contributed by atoms with van der Waals surface area (Å²) in [7, 11) is 4.09. The zero-order valence-corrected chi connectivity index (χ0v) is 14.0. The molecule has 122 valence electrons. The van der Waals surface area contributed by atoms with E-state index in [1.165, 1.54) is 0 Å². The Kier molecular flexibility index (Phi) is 5.53. The van der Waals surface area contributed by atoms with Gasteiger partial charge in [0.15, 0.2) is 0 Å². The summed E-state index contributed by atoms with van der Waals surface area (Å²) in [6.07, 6.45) is 2.65.